The van der Waals surface area contributed by atoms with Crippen LogP contribution < -0.4 is 10.9 Å². The summed E-state index contributed by atoms with van der Waals surface area (Å²) in [5, 5.41) is 0. The number of hydrazine groups is 1. The number of amides is 2. The standard InChI is InChI=1S/C14H19N3O2/c18-13(10-11-6-2-1-3-7-11)16-17-14(19)12-8-4-5-9-15-12/h4-5,8-9,11H,1-3,6-7,10H2,(H,16,18)(H,17,19). The van der Waals surface area contributed by atoms with Crippen LogP contribution in [-0.4, -0.2) is 16.8 Å². The maximum Gasteiger partial charge on any atom is 0.288 e. The molecule has 1 aromatic heterocycles. The minimum absolute atomic E-state index is 0.129. The number of nitrogens with one attached hydrogen (secondary N) is 2. The van der Waals surface area contributed by atoms with Gasteiger partial charge in [-0.2, -0.15) is 0 Å². The van der Waals surface area contributed by atoms with Gasteiger partial charge in [-0.25, -0.2) is 0 Å². The van der Waals surface area contributed by atoms with Crippen molar-refractivity contribution in [3.63, 3.8) is 0 Å². The highest BCUT2D eigenvalue weighted by Crippen LogP contribution is 2.25. The number of pyridine rings is 1. The minimum atomic E-state index is -0.391. The van der Waals surface area contributed by atoms with Gasteiger partial charge in [0.15, 0.2) is 0 Å². The van der Waals surface area contributed by atoms with Crippen molar-refractivity contribution in [1.82, 2.24) is 15.8 Å². The number of hydrogen-bond donors (Lipinski definition) is 2. The van der Waals surface area contributed by atoms with Gasteiger partial charge in [-0.3, -0.25) is 25.4 Å². The Morgan fingerprint density at radius 3 is 2.63 bits per heavy atom. The molecule has 102 valence electrons. The molecule has 1 heterocycles. The lowest BCUT2D eigenvalue weighted by Crippen LogP contribution is -2.42. The molecule has 0 atom stereocenters. The highest BCUT2D eigenvalue weighted by molar-refractivity contribution is 5.93. The van der Waals surface area contributed by atoms with E-state index in [9.17, 15) is 9.59 Å². The van der Waals surface area contributed by atoms with Crippen LogP contribution in [0.1, 0.15) is 49.0 Å². The van der Waals surface area contributed by atoms with Crippen LogP contribution in [0.4, 0.5) is 0 Å². The van der Waals surface area contributed by atoms with E-state index in [0.29, 0.717) is 18.0 Å². The molecule has 2 N–H and O–H groups in total. The molecular formula is C14H19N3O2. The van der Waals surface area contributed by atoms with Crippen LogP contribution in [0.5, 0.6) is 0 Å². The molecule has 0 unspecified atom stereocenters. The number of carbonyl (C=O) groups excluding carboxylic acids is 2. The van der Waals surface area contributed by atoms with Gasteiger partial charge in [0, 0.05) is 12.6 Å². The van der Waals surface area contributed by atoms with E-state index in [1.54, 1.807) is 24.4 Å². The summed E-state index contributed by atoms with van der Waals surface area (Å²) in [4.78, 5) is 27.3. The predicted molar refractivity (Wildman–Crippen MR) is 71.0 cm³/mol. The van der Waals surface area contributed by atoms with Gasteiger partial charge in [0.2, 0.25) is 5.91 Å². The first kappa shape index (κ1) is 13.5. The molecule has 0 bridgehead atoms. The van der Waals surface area contributed by atoms with E-state index >= 15 is 0 Å². The smallest absolute Gasteiger partial charge is 0.273 e. The molecule has 1 aliphatic rings. The van der Waals surface area contributed by atoms with Crippen LogP contribution >= 0.6 is 0 Å². The van der Waals surface area contributed by atoms with Crippen LogP contribution in [0.3, 0.4) is 0 Å². The Morgan fingerprint density at radius 1 is 1.16 bits per heavy atom. The second-order valence-electron chi connectivity index (χ2n) is 4.93. The molecule has 0 radical (unpaired) electrons. The fraction of sp³-hybridized carbons (Fsp3) is 0.500. The van der Waals surface area contributed by atoms with E-state index in [4.69, 9.17) is 0 Å². The molecule has 1 aromatic rings. The van der Waals surface area contributed by atoms with Gasteiger partial charge < -0.3 is 0 Å². The molecule has 1 fully saturated rings. The fourth-order valence-corrected chi connectivity index (χ4v) is 2.39. The Hall–Kier alpha value is -1.91. The van der Waals surface area contributed by atoms with Gasteiger partial charge in [-0.15, -0.1) is 0 Å². The van der Waals surface area contributed by atoms with Crippen LogP contribution in [0.15, 0.2) is 24.4 Å². The summed E-state index contributed by atoms with van der Waals surface area (Å²) < 4.78 is 0. The van der Waals surface area contributed by atoms with E-state index in [1.807, 2.05) is 0 Å². The SMILES string of the molecule is O=C(CC1CCCCC1)NNC(=O)c1ccccn1. The minimum Gasteiger partial charge on any atom is -0.273 e. The number of hydrogen-bond acceptors (Lipinski definition) is 3. The summed E-state index contributed by atoms with van der Waals surface area (Å²) in [6, 6.07) is 5.06. The van der Waals surface area contributed by atoms with Gasteiger partial charge in [0.05, 0.1) is 0 Å². The lowest BCUT2D eigenvalue weighted by molar-refractivity contribution is -0.123. The van der Waals surface area contributed by atoms with Crippen LogP contribution in [-0.2, 0) is 4.79 Å². The number of carbonyl (C=O) groups is 2. The topological polar surface area (TPSA) is 71.1 Å². The highest BCUT2D eigenvalue weighted by atomic mass is 16.2. The quantitative estimate of drug-likeness (QED) is 0.815. The van der Waals surface area contributed by atoms with Gasteiger partial charge in [-0.05, 0) is 30.9 Å². The van der Waals surface area contributed by atoms with Crippen molar-refractivity contribution in [2.45, 2.75) is 38.5 Å². The predicted octanol–water partition coefficient (Wildman–Crippen LogP) is 1.81. The zero-order valence-electron chi connectivity index (χ0n) is 10.9. The molecule has 5 nitrogen and oxygen atoms in total. The van der Waals surface area contributed by atoms with Gasteiger partial charge >= 0.3 is 0 Å². The molecule has 2 amide bonds. The van der Waals surface area contributed by atoms with Crippen molar-refractivity contribution < 1.29 is 9.59 Å². The molecule has 0 spiro atoms. The zero-order chi connectivity index (χ0) is 13.5. The summed E-state index contributed by atoms with van der Waals surface area (Å²) in [6.45, 7) is 0. The fourth-order valence-electron chi connectivity index (χ4n) is 2.39. The van der Waals surface area contributed by atoms with Crippen LogP contribution in [0.2, 0.25) is 0 Å². The maximum absolute atomic E-state index is 11.7. The van der Waals surface area contributed by atoms with Crippen LogP contribution in [0.25, 0.3) is 0 Å². The Labute approximate surface area is 112 Å². The first-order valence-electron chi connectivity index (χ1n) is 6.76. The molecule has 0 saturated heterocycles. The lowest BCUT2D eigenvalue weighted by Gasteiger charge is -2.20. The van der Waals surface area contributed by atoms with Crippen molar-refractivity contribution in [3.8, 4) is 0 Å². The van der Waals surface area contributed by atoms with E-state index in [1.165, 1.54) is 19.3 Å². The van der Waals surface area contributed by atoms with Crippen molar-refractivity contribution in [3.05, 3.63) is 30.1 Å². The highest BCUT2D eigenvalue weighted by Gasteiger charge is 2.17. The zero-order valence-corrected chi connectivity index (χ0v) is 10.9. The largest absolute Gasteiger partial charge is 0.288 e. The van der Waals surface area contributed by atoms with Crippen molar-refractivity contribution in [2.24, 2.45) is 5.92 Å². The molecule has 0 aromatic carbocycles. The molecule has 5 heteroatoms. The van der Waals surface area contributed by atoms with Crippen LogP contribution in [0, 0.1) is 5.92 Å². The van der Waals surface area contributed by atoms with Crippen molar-refractivity contribution in [2.75, 3.05) is 0 Å². The third kappa shape index (κ3) is 4.35. The number of rotatable bonds is 3. The molecular weight excluding hydrogens is 242 g/mol. The Bertz CT molecular complexity index is 428. The number of nitrogens with zero attached hydrogens (tertiary/aromatic N) is 1. The Kier molecular flexibility index (Phi) is 4.89. The summed E-state index contributed by atoms with van der Waals surface area (Å²) in [5.41, 5.74) is 5.13. The summed E-state index contributed by atoms with van der Waals surface area (Å²) in [5.74, 6) is -0.0609. The third-order valence-corrected chi connectivity index (χ3v) is 3.41. The normalized spacial score (nSPS) is 15.8. The summed E-state index contributed by atoms with van der Waals surface area (Å²) in [7, 11) is 0. The second kappa shape index (κ2) is 6.87. The second-order valence-corrected chi connectivity index (χ2v) is 4.93. The molecule has 1 saturated carbocycles. The van der Waals surface area contributed by atoms with E-state index < -0.39 is 5.91 Å². The monoisotopic (exact) mass is 261 g/mol. The van der Waals surface area contributed by atoms with Crippen molar-refractivity contribution in [1.29, 1.82) is 0 Å². The third-order valence-electron chi connectivity index (χ3n) is 3.41. The first-order chi connectivity index (χ1) is 9.25. The lowest BCUT2D eigenvalue weighted by atomic mass is 9.87. The van der Waals surface area contributed by atoms with Gasteiger partial charge in [-0.1, -0.05) is 25.3 Å². The van der Waals surface area contributed by atoms with E-state index in [-0.39, 0.29) is 5.91 Å². The molecule has 19 heavy (non-hydrogen) atoms. The van der Waals surface area contributed by atoms with Gasteiger partial charge in [0.25, 0.3) is 5.91 Å². The molecule has 0 aliphatic heterocycles. The molecule has 1 aliphatic carbocycles. The van der Waals surface area contributed by atoms with E-state index in [0.717, 1.165) is 12.8 Å². The average molecular weight is 261 g/mol. The Morgan fingerprint density at radius 2 is 1.95 bits per heavy atom. The summed E-state index contributed by atoms with van der Waals surface area (Å²) >= 11 is 0. The molecule has 2 rings (SSSR count). The maximum atomic E-state index is 11.7. The van der Waals surface area contributed by atoms with E-state index in [2.05, 4.69) is 15.8 Å². The van der Waals surface area contributed by atoms with Crippen molar-refractivity contribution >= 4 is 11.8 Å². The Balaban J connectivity index is 1.72. The summed E-state index contributed by atoms with van der Waals surface area (Å²) in [6.07, 6.45) is 7.94. The average Bonchev–Trinajstić information content (AvgIpc) is 2.47. The first-order valence-corrected chi connectivity index (χ1v) is 6.76. The number of aromatic nitrogens is 1. The van der Waals surface area contributed by atoms with Gasteiger partial charge in [0.1, 0.15) is 5.69 Å².